The molecule has 0 aliphatic carbocycles. The standard InChI is InChI=1S/C18H28N4O2/c1-14(2)12-22-9-8-15(13-22)10-19-18(24)20-11-17(23)21-16-6-4-3-5-7-16/h3-7,14-15H,8-13H2,1-2H3,(H,21,23)(H2,19,20,24). The van der Waals surface area contributed by atoms with Crippen LogP contribution in [-0.2, 0) is 4.79 Å². The molecule has 3 N–H and O–H groups in total. The van der Waals surface area contributed by atoms with Crippen LogP contribution in [0.15, 0.2) is 30.3 Å². The van der Waals surface area contributed by atoms with Gasteiger partial charge in [0.1, 0.15) is 0 Å². The molecule has 0 bridgehead atoms. The minimum atomic E-state index is -0.291. The Hall–Kier alpha value is -2.08. The number of carbonyl (C=O) groups excluding carboxylic acids is 2. The fraction of sp³-hybridized carbons (Fsp3) is 0.556. The molecule has 0 radical (unpaired) electrons. The molecular weight excluding hydrogens is 304 g/mol. The highest BCUT2D eigenvalue weighted by Gasteiger charge is 2.23. The van der Waals surface area contributed by atoms with Crippen LogP contribution < -0.4 is 16.0 Å². The van der Waals surface area contributed by atoms with Crippen LogP contribution in [-0.4, -0.2) is 49.6 Å². The van der Waals surface area contributed by atoms with Gasteiger partial charge in [0.2, 0.25) is 5.91 Å². The average Bonchev–Trinajstić information content (AvgIpc) is 2.98. The van der Waals surface area contributed by atoms with Gasteiger partial charge >= 0.3 is 6.03 Å². The highest BCUT2D eigenvalue weighted by Crippen LogP contribution is 2.16. The number of rotatable bonds is 7. The fourth-order valence-electron chi connectivity index (χ4n) is 2.95. The van der Waals surface area contributed by atoms with Gasteiger partial charge in [0.05, 0.1) is 6.54 Å². The summed E-state index contributed by atoms with van der Waals surface area (Å²) in [4.78, 5) is 26.0. The highest BCUT2D eigenvalue weighted by molar-refractivity contribution is 5.94. The maximum absolute atomic E-state index is 11.8. The molecule has 1 aromatic rings. The summed E-state index contributed by atoms with van der Waals surface area (Å²) in [5, 5.41) is 8.19. The van der Waals surface area contributed by atoms with E-state index >= 15 is 0 Å². The number of nitrogens with one attached hydrogen (secondary N) is 3. The van der Waals surface area contributed by atoms with Crippen LogP contribution in [0.1, 0.15) is 20.3 Å². The molecular formula is C18H28N4O2. The summed E-state index contributed by atoms with van der Waals surface area (Å²) in [6, 6.07) is 8.90. The monoisotopic (exact) mass is 332 g/mol. The number of likely N-dealkylation sites (tertiary alicyclic amines) is 1. The lowest BCUT2D eigenvalue weighted by Gasteiger charge is -2.18. The molecule has 1 fully saturated rings. The van der Waals surface area contributed by atoms with Crippen LogP contribution in [0.4, 0.5) is 10.5 Å². The predicted molar refractivity (Wildman–Crippen MR) is 95.9 cm³/mol. The largest absolute Gasteiger partial charge is 0.338 e. The smallest absolute Gasteiger partial charge is 0.315 e. The van der Waals surface area contributed by atoms with Crippen LogP contribution in [0.2, 0.25) is 0 Å². The number of para-hydroxylation sites is 1. The molecule has 1 atom stereocenters. The maximum atomic E-state index is 11.8. The number of carbonyl (C=O) groups is 2. The Bertz CT molecular complexity index is 533. The quantitative estimate of drug-likeness (QED) is 0.714. The van der Waals surface area contributed by atoms with Crippen molar-refractivity contribution in [2.24, 2.45) is 11.8 Å². The van der Waals surface area contributed by atoms with E-state index in [1.165, 1.54) is 0 Å². The molecule has 0 saturated carbocycles. The van der Waals surface area contributed by atoms with Crippen LogP contribution in [0.5, 0.6) is 0 Å². The predicted octanol–water partition coefficient (Wildman–Crippen LogP) is 1.90. The number of benzene rings is 1. The lowest BCUT2D eigenvalue weighted by atomic mass is 10.1. The first-order valence-corrected chi connectivity index (χ1v) is 8.62. The number of amides is 3. The second-order valence-electron chi connectivity index (χ2n) is 6.79. The Morgan fingerprint density at radius 2 is 1.96 bits per heavy atom. The van der Waals surface area contributed by atoms with Crippen molar-refractivity contribution in [2.75, 3.05) is 38.0 Å². The fourth-order valence-corrected chi connectivity index (χ4v) is 2.95. The summed E-state index contributed by atoms with van der Waals surface area (Å²) in [7, 11) is 0. The van der Waals surface area contributed by atoms with E-state index in [1.807, 2.05) is 18.2 Å². The third-order valence-corrected chi connectivity index (χ3v) is 4.01. The van der Waals surface area contributed by atoms with Crippen LogP contribution in [0.25, 0.3) is 0 Å². The van der Waals surface area contributed by atoms with Gasteiger partial charge in [0, 0.05) is 25.3 Å². The molecule has 3 amide bonds. The van der Waals surface area contributed by atoms with Crippen LogP contribution >= 0.6 is 0 Å². The summed E-state index contributed by atoms with van der Waals surface area (Å²) in [6.07, 6.45) is 1.11. The lowest BCUT2D eigenvalue weighted by molar-refractivity contribution is -0.115. The van der Waals surface area contributed by atoms with Crippen molar-refractivity contribution in [3.05, 3.63) is 30.3 Å². The normalized spacial score (nSPS) is 17.7. The number of anilines is 1. The summed E-state index contributed by atoms with van der Waals surface area (Å²) in [6.45, 7) is 8.31. The van der Waals surface area contributed by atoms with E-state index < -0.39 is 0 Å². The average molecular weight is 332 g/mol. The van der Waals surface area contributed by atoms with Crippen molar-refractivity contribution in [2.45, 2.75) is 20.3 Å². The Morgan fingerprint density at radius 3 is 2.67 bits per heavy atom. The Kier molecular flexibility index (Phi) is 7.06. The minimum Gasteiger partial charge on any atom is -0.338 e. The summed E-state index contributed by atoms with van der Waals surface area (Å²) in [5.41, 5.74) is 0.723. The van der Waals surface area contributed by atoms with Crippen molar-refractivity contribution in [1.29, 1.82) is 0 Å². The molecule has 0 aromatic heterocycles. The summed E-state index contributed by atoms with van der Waals surface area (Å²) >= 11 is 0. The molecule has 6 nitrogen and oxygen atoms in total. The van der Waals surface area contributed by atoms with Gasteiger partial charge in [-0.1, -0.05) is 32.0 Å². The first-order chi connectivity index (χ1) is 11.5. The van der Waals surface area contributed by atoms with E-state index in [4.69, 9.17) is 0 Å². The van der Waals surface area contributed by atoms with Crippen LogP contribution in [0, 0.1) is 11.8 Å². The second-order valence-corrected chi connectivity index (χ2v) is 6.79. The first kappa shape index (κ1) is 18.3. The molecule has 6 heteroatoms. The first-order valence-electron chi connectivity index (χ1n) is 8.62. The van der Waals surface area contributed by atoms with Crippen molar-refractivity contribution in [3.8, 4) is 0 Å². The van der Waals surface area contributed by atoms with E-state index in [1.54, 1.807) is 12.1 Å². The molecule has 1 heterocycles. The van der Waals surface area contributed by atoms with E-state index in [2.05, 4.69) is 34.7 Å². The topological polar surface area (TPSA) is 73.5 Å². The van der Waals surface area contributed by atoms with Crippen molar-refractivity contribution < 1.29 is 9.59 Å². The molecule has 2 rings (SSSR count). The van der Waals surface area contributed by atoms with Crippen molar-refractivity contribution >= 4 is 17.6 Å². The highest BCUT2D eigenvalue weighted by atomic mass is 16.2. The SMILES string of the molecule is CC(C)CN1CCC(CNC(=O)NCC(=O)Nc2ccccc2)C1. The molecule has 1 saturated heterocycles. The molecule has 132 valence electrons. The van der Waals surface area contributed by atoms with Gasteiger partial charge in [-0.25, -0.2) is 4.79 Å². The van der Waals surface area contributed by atoms with E-state index in [-0.39, 0.29) is 18.5 Å². The van der Waals surface area contributed by atoms with Gasteiger partial charge in [-0.2, -0.15) is 0 Å². The van der Waals surface area contributed by atoms with Gasteiger partial charge in [-0.3, -0.25) is 4.79 Å². The number of hydrogen-bond acceptors (Lipinski definition) is 3. The zero-order valence-electron chi connectivity index (χ0n) is 14.5. The minimum absolute atomic E-state index is 0.0368. The summed E-state index contributed by atoms with van der Waals surface area (Å²) < 4.78 is 0. The number of nitrogens with zero attached hydrogens (tertiary/aromatic N) is 1. The van der Waals surface area contributed by atoms with E-state index in [9.17, 15) is 9.59 Å². The Morgan fingerprint density at radius 1 is 1.21 bits per heavy atom. The van der Waals surface area contributed by atoms with Gasteiger partial charge in [-0.05, 0) is 36.9 Å². The maximum Gasteiger partial charge on any atom is 0.315 e. The van der Waals surface area contributed by atoms with Gasteiger partial charge < -0.3 is 20.9 Å². The van der Waals surface area contributed by atoms with Crippen molar-refractivity contribution in [1.82, 2.24) is 15.5 Å². The second kappa shape index (κ2) is 9.27. The zero-order chi connectivity index (χ0) is 17.4. The van der Waals surface area contributed by atoms with Gasteiger partial charge in [-0.15, -0.1) is 0 Å². The lowest BCUT2D eigenvalue weighted by Crippen LogP contribution is -2.42. The molecule has 1 aromatic carbocycles. The molecule has 0 spiro atoms. The van der Waals surface area contributed by atoms with Gasteiger partial charge in [0.15, 0.2) is 0 Å². The van der Waals surface area contributed by atoms with E-state index in [0.29, 0.717) is 18.4 Å². The molecule has 24 heavy (non-hydrogen) atoms. The number of urea groups is 1. The molecule has 1 aliphatic heterocycles. The zero-order valence-corrected chi connectivity index (χ0v) is 14.5. The Balaban J connectivity index is 1.59. The van der Waals surface area contributed by atoms with Crippen molar-refractivity contribution in [3.63, 3.8) is 0 Å². The number of hydrogen-bond donors (Lipinski definition) is 3. The Labute approximate surface area is 144 Å². The molecule has 1 aliphatic rings. The van der Waals surface area contributed by atoms with Crippen LogP contribution in [0.3, 0.4) is 0 Å². The van der Waals surface area contributed by atoms with E-state index in [0.717, 1.165) is 31.7 Å². The molecule has 1 unspecified atom stereocenters. The summed E-state index contributed by atoms with van der Waals surface area (Å²) in [5.74, 6) is 0.927. The third-order valence-electron chi connectivity index (χ3n) is 4.01. The third kappa shape index (κ3) is 6.58. The van der Waals surface area contributed by atoms with Gasteiger partial charge in [0.25, 0.3) is 0 Å².